The van der Waals surface area contributed by atoms with Crippen LogP contribution in [0, 0.1) is 0 Å². The van der Waals surface area contributed by atoms with Gasteiger partial charge in [-0.25, -0.2) is 0 Å². The van der Waals surface area contributed by atoms with Crippen molar-refractivity contribution in [2.75, 3.05) is 11.9 Å². The van der Waals surface area contributed by atoms with Crippen molar-refractivity contribution < 1.29 is 9.32 Å². The fourth-order valence-corrected chi connectivity index (χ4v) is 2.51. The molecular formula is C14H23N3O2. The minimum absolute atomic E-state index is 0.0117. The van der Waals surface area contributed by atoms with Crippen LogP contribution in [0.5, 0.6) is 0 Å². The van der Waals surface area contributed by atoms with Crippen LogP contribution in [0.3, 0.4) is 0 Å². The summed E-state index contributed by atoms with van der Waals surface area (Å²) >= 11 is 0. The number of amides is 1. The van der Waals surface area contributed by atoms with E-state index in [0.717, 1.165) is 25.1 Å². The molecule has 1 atom stereocenters. The fraction of sp³-hybridized carbons (Fsp3) is 0.714. The molecule has 0 bridgehead atoms. The number of carbonyl (C=O) groups is 1. The van der Waals surface area contributed by atoms with E-state index in [-0.39, 0.29) is 11.9 Å². The van der Waals surface area contributed by atoms with Crippen molar-refractivity contribution in [2.24, 2.45) is 0 Å². The number of hydrogen-bond donors (Lipinski definition) is 1. The van der Waals surface area contributed by atoms with Crippen LogP contribution >= 0.6 is 0 Å². The molecule has 0 spiro atoms. The molecule has 1 amide bonds. The summed E-state index contributed by atoms with van der Waals surface area (Å²) in [6, 6.07) is 2.14. The van der Waals surface area contributed by atoms with Crippen molar-refractivity contribution in [3.8, 4) is 0 Å². The number of carbonyl (C=O) groups excluding carboxylic acids is 1. The number of aromatic nitrogens is 1. The van der Waals surface area contributed by atoms with Crippen molar-refractivity contribution in [3.05, 3.63) is 11.8 Å². The highest BCUT2D eigenvalue weighted by atomic mass is 16.5. The zero-order valence-electron chi connectivity index (χ0n) is 12.1. The first kappa shape index (κ1) is 14.1. The van der Waals surface area contributed by atoms with E-state index >= 15 is 0 Å². The molecule has 0 aliphatic carbocycles. The van der Waals surface area contributed by atoms with Crippen molar-refractivity contribution >= 4 is 11.8 Å². The number of anilines is 1. The number of nitrogens with zero attached hydrogens (tertiary/aromatic N) is 2. The normalized spacial score (nSPS) is 20.4. The Balaban J connectivity index is 2.00. The molecule has 1 fully saturated rings. The predicted molar refractivity (Wildman–Crippen MR) is 74.1 cm³/mol. The van der Waals surface area contributed by atoms with Gasteiger partial charge in [-0.05, 0) is 39.2 Å². The molecule has 1 saturated heterocycles. The van der Waals surface area contributed by atoms with Gasteiger partial charge >= 0.3 is 0 Å². The van der Waals surface area contributed by atoms with Gasteiger partial charge in [-0.2, -0.15) is 0 Å². The van der Waals surface area contributed by atoms with Gasteiger partial charge in [-0.15, -0.1) is 0 Å². The first-order valence-electron chi connectivity index (χ1n) is 7.02. The Bertz CT molecular complexity index is 440. The van der Waals surface area contributed by atoms with Crippen LogP contribution in [0.15, 0.2) is 10.6 Å². The number of nitrogens with one attached hydrogen (secondary N) is 1. The smallest absolute Gasteiger partial charge is 0.244 e. The molecule has 19 heavy (non-hydrogen) atoms. The second-order valence-electron chi connectivity index (χ2n) is 5.75. The van der Waals surface area contributed by atoms with Crippen molar-refractivity contribution in [1.82, 2.24) is 10.1 Å². The Hall–Kier alpha value is -1.36. The largest absolute Gasteiger partial charge is 0.338 e. The molecule has 5 heteroatoms. The number of hydrogen-bond acceptors (Lipinski definition) is 4. The molecule has 1 aliphatic rings. The van der Waals surface area contributed by atoms with Gasteiger partial charge in [0, 0.05) is 12.1 Å². The lowest BCUT2D eigenvalue weighted by Gasteiger charge is -2.26. The molecule has 2 rings (SSSR count). The minimum Gasteiger partial charge on any atom is -0.338 e. The Kier molecular flexibility index (Phi) is 4.24. The summed E-state index contributed by atoms with van der Waals surface area (Å²) in [4.78, 5) is 14.5. The lowest BCUT2D eigenvalue weighted by atomic mass is 10.1. The first-order chi connectivity index (χ1) is 8.99. The summed E-state index contributed by atoms with van der Waals surface area (Å²) in [7, 11) is 0. The molecular weight excluding hydrogens is 242 g/mol. The zero-order valence-corrected chi connectivity index (χ0v) is 12.1. The van der Waals surface area contributed by atoms with Crippen LogP contribution in [-0.2, 0) is 4.79 Å². The molecule has 1 aromatic rings. The van der Waals surface area contributed by atoms with Crippen molar-refractivity contribution in [1.29, 1.82) is 0 Å². The third-order valence-electron chi connectivity index (χ3n) is 3.63. The third kappa shape index (κ3) is 3.15. The maximum absolute atomic E-state index is 12.3. The molecule has 0 saturated carbocycles. The molecule has 1 N–H and O–H groups in total. The molecule has 5 nitrogen and oxygen atoms in total. The average Bonchev–Trinajstić information content (AvgIpc) is 2.96. The standard InChI is InChI=1S/C14H23N3O2/c1-9(2)11-8-13(19-16-11)15-14(18)12-6-5-7-17(12)10(3)4/h8-10,12H,5-7H2,1-4H3,(H,15,18). The highest BCUT2D eigenvalue weighted by Crippen LogP contribution is 2.22. The summed E-state index contributed by atoms with van der Waals surface area (Å²) in [6.07, 6.45) is 1.99. The van der Waals surface area contributed by atoms with Crippen molar-refractivity contribution in [3.63, 3.8) is 0 Å². The van der Waals surface area contributed by atoms with E-state index in [4.69, 9.17) is 4.52 Å². The fourth-order valence-electron chi connectivity index (χ4n) is 2.51. The molecule has 0 aromatic carbocycles. The van der Waals surface area contributed by atoms with Crippen LogP contribution in [0.25, 0.3) is 0 Å². The first-order valence-corrected chi connectivity index (χ1v) is 7.02. The van der Waals surface area contributed by atoms with E-state index < -0.39 is 0 Å². The van der Waals surface area contributed by atoms with Crippen LogP contribution in [-0.4, -0.2) is 34.6 Å². The van der Waals surface area contributed by atoms with Gasteiger partial charge < -0.3 is 4.52 Å². The molecule has 106 valence electrons. The summed E-state index contributed by atoms with van der Waals surface area (Å²) < 4.78 is 5.15. The van der Waals surface area contributed by atoms with Gasteiger partial charge in [-0.1, -0.05) is 19.0 Å². The van der Waals surface area contributed by atoms with E-state index in [1.807, 2.05) is 13.8 Å². The maximum Gasteiger partial charge on any atom is 0.244 e. The predicted octanol–water partition coefficient (Wildman–Crippen LogP) is 2.61. The molecule has 2 heterocycles. The molecule has 1 unspecified atom stereocenters. The van der Waals surface area contributed by atoms with Crippen LogP contribution in [0.2, 0.25) is 0 Å². The van der Waals surface area contributed by atoms with E-state index in [0.29, 0.717) is 17.8 Å². The lowest BCUT2D eigenvalue weighted by Crippen LogP contribution is -2.43. The van der Waals surface area contributed by atoms with Crippen LogP contribution in [0.1, 0.15) is 52.1 Å². The van der Waals surface area contributed by atoms with E-state index in [2.05, 4.69) is 29.2 Å². The minimum atomic E-state index is -0.0485. The zero-order chi connectivity index (χ0) is 14.0. The van der Waals surface area contributed by atoms with Crippen LogP contribution < -0.4 is 5.32 Å². The van der Waals surface area contributed by atoms with E-state index in [1.54, 1.807) is 6.07 Å². The van der Waals surface area contributed by atoms with Gasteiger partial charge in [0.2, 0.25) is 11.8 Å². The molecule has 1 aliphatic heterocycles. The summed E-state index contributed by atoms with van der Waals surface area (Å²) in [5, 5.41) is 6.78. The molecule has 1 aromatic heterocycles. The van der Waals surface area contributed by atoms with Crippen LogP contribution in [0.4, 0.5) is 5.88 Å². The maximum atomic E-state index is 12.3. The third-order valence-corrected chi connectivity index (χ3v) is 3.63. The van der Waals surface area contributed by atoms with Gasteiger partial charge in [0.25, 0.3) is 0 Å². The number of rotatable bonds is 4. The van der Waals surface area contributed by atoms with E-state index in [1.165, 1.54) is 0 Å². The Labute approximate surface area is 114 Å². The SMILES string of the molecule is CC(C)c1cc(NC(=O)C2CCCN2C(C)C)on1. The summed E-state index contributed by atoms with van der Waals surface area (Å²) in [5.74, 6) is 0.759. The lowest BCUT2D eigenvalue weighted by molar-refractivity contribution is -0.121. The van der Waals surface area contributed by atoms with Gasteiger partial charge in [0.1, 0.15) is 0 Å². The monoisotopic (exact) mass is 265 g/mol. The topological polar surface area (TPSA) is 58.4 Å². The quantitative estimate of drug-likeness (QED) is 0.909. The second kappa shape index (κ2) is 5.74. The van der Waals surface area contributed by atoms with E-state index in [9.17, 15) is 4.79 Å². The second-order valence-corrected chi connectivity index (χ2v) is 5.75. The molecule has 0 radical (unpaired) electrons. The Morgan fingerprint density at radius 1 is 1.47 bits per heavy atom. The van der Waals surface area contributed by atoms with Gasteiger partial charge in [-0.3, -0.25) is 15.0 Å². The summed E-state index contributed by atoms with van der Waals surface area (Å²) in [6.45, 7) is 9.32. The highest BCUT2D eigenvalue weighted by Gasteiger charge is 2.32. The van der Waals surface area contributed by atoms with Crippen molar-refractivity contribution in [2.45, 2.75) is 58.5 Å². The average molecular weight is 265 g/mol. The highest BCUT2D eigenvalue weighted by molar-refractivity contribution is 5.93. The Morgan fingerprint density at radius 3 is 2.79 bits per heavy atom. The Morgan fingerprint density at radius 2 is 2.21 bits per heavy atom. The van der Waals surface area contributed by atoms with Gasteiger partial charge in [0.15, 0.2) is 0 Å². The summed E-state index contributed by atoms with van der Waals surface area (Å²) in [5.41, 5.74) is 0.863. The van der Waals surface area contributed by atoms with Gasteiger partial charge in [0.05, 0.1) is 11.7 Å². The number of likely N-dealkylation sites (tertiary alicyclic amines) is 1.